The van der Waals surface area contributed by atoms with Gasteiger partial charge in [-0.1, -0.05) is 6.07 Å². The summed E-state index contributed by atoms with van der Waals surface area (Å²) in [5, 5.41) is 2.54. The first-order chi connectivity index (χ1) is 13.4. The molecule has 3 rings (SSSR count). The highest BCUT2D eigenvalue weighted by atomic mass is 32.2. The summed E-state index contributed by atoms with van der Waals surface area (Å²) in [4.78, 5) is 24.1. The highest BCUT2D eigenvalue weighted by molar-refractivity contribution is 7.89. The van der Waals surface area contributed by atoms with Crippen LogP contribution in [0.4, 0.5) is 11.4 Å². The molecular formula is C19H21N3O5S. The van der Waals surface area contributed by atoms with E-state index in [4.69, 9.17) is 10.5 Å². The standard InChI is InChI=1S/C19H21N3O5S/c20-15-8-6-14(7-9-15)19(24)27-13-18(23)21-16-4-3-5-17(12-16)28(25,26)22-10-1-2-11-22/h3-9,12H,1-2,10-11,13,20H2,(H,21,23). The van der Waals surface area contributed by atoms with E-state index in [1.165, 1.54) is 28.6 Å². The van der Waals surface area contributed by atoms with Gasteiger partial charge in [0.2, 0.25) is 10.0 Å². The van der Waals surface area contributed by atoms with Gasteiger partial charge in [0, 0.05) is 24.5 Å². The van der Waals surface area contributed by atoms with Crippen molar-refractivity contribution in [1.29, 1.82) is 0 Å². The quantitative estimate of drug-likeness (QED) is 0.561. The number of carbonyl (C=O) groups is 2. The zero-order chi connectivity index (χ0) is 20.1. The first-order valence-electron chi connectivity index (χ1n) is 8.79. The van der Waals surface area contributed by atoms with Gasteiger partial charge in [0.05, 0.1) is 10.5 Å². The summed E-state index contributed by atoms with van der Waals surface area (Å²) in [6.07, 6.45) is 1.68. The summed E-state index contributed by atoms with van der Waals surface area (Å²) in [5.74, 6) is -1.22. The Kier molecular flexibility index (Phi) is 5.96. The topological polar surface area (TPSA) is 119 Å². The van der Waals surface area contributed by atoms with Crippen LogP contribution in [0.1, 0.15) is 23.2 Å². The van der Waals surface area contributed by atoms with E-state index in [9.17, 15) is 18.0 Å². The molecule has 1 heterocycles. The molecule has 2 aromatic carbocycles. The van der Waals surface area contributed by atoms with Crippen LogP contribution in [0.5, 0.6) is 0 Å². The molecule has 0 bridgehead atoms. The second-order valence-electron chi connectivity index (χ2n) is 6.39. The number of nitrogen functional groups attached to an aromatic ring is 1. The predicted octanol–water partition coefficient (Wildman–Crippen LogP) is 1.85. The molecule has 0 spiro atoms. The number of ether oxygens (including phenoxy) is 1. The van der Waals surface area contributed by atoms with Crippen molar-refractivity contribution in [1.82, 2.24) is 4.31 Å². The molecule has 2 aromatic rings. The summed E-state index contributed by atoms with van der Waals surface area (Å²) in [6, 6.07) is 12.1. The lowest BCUT2D eigenvalue weighted by atomic mass is 10.2. The fourth-order valence-corrected chi connectivity index (χ4v) is 4.41. The number of hydrogen-bond acceptors (Lipinski definition) is 6. The Morgan fingerprint density at radius 1 is 1.07 bits per heavy atom. The van der Waals surface area contributed by atoms with Gasteiger partial charge >= 0.3 is 5.97 Å². The van der Waals surface area contributed by atoms with E-state index in [-0.39, 0.29) is 10.5 Å². The Labute approximate surface area is 163 Å². The van der Waals surface area contributed by atoms with E-state index in [0.717, 1.165) is 12.8 Å². The van der Waals surface area contributed by atoms with Gasteiger partial charge in [-0.25, -0.2) is 13.2 Å². The molecule has 0 unspecified atom stereocenters. The van der Waals surface area contributed by atoms with Crippen molar-refractivity contribution in [2.45, 2.75) is 17.7 Å². The van der Waals surface area contributed by atoms with Gasteiger partial charge in [-0.05, 0) is 55.3 Å². The fourth-order valence-electron chi connectivity index (χ4n) is 2.84. The highest BCUT2D eigenvalue weighted by Crippen LogP contribution is 2.23. The first-order valence-corrected chi connectivity index (χ1v) is 10.2. The normalized spacial score (nSPS) is 14.6. The molecule has 8 nitrogen and oxygen atoms in total. The molecule has 3 N–H and O–H groups in total. The number of nitrogens with one attached hydrogen (secondary N) is 1. The maximum atomic E-state index is 12.6. The Morgan fingerprint density at radius 2 is 1.75 bits per heavy atom. The van der Waals surface area contributed by atoms with Crippen LogP contribution in [-0.4, -0.2) is 44.3 Å². The number of anilines is 2. The van der Waals surface area contributed by atoms with E-state index in [1.54, 1.807) is 24.3 Å². The first kappa shape index (κ1) is 19.8. The summed E-state index contributed by atoms with van der Waals surface area (Å²) < 4.78 is 31.6. The minimum Gasteiger partial charge on any atom is -0.452 e. The lowest BCUT2D eigenvalue weighted by molar-refractivity contribution is -0.119. The minimum absolute atomic E-state index is 0.117. The number of nitrogens with two attached hydrogens (primary N) is 1. The van der Waals surface area contributed by atoms with Crippen LogP contribution in [0, 0.1) is 0 Å². The SMILES string of the molecule is Nc1ccc(C(=O)OCC(=O)Nc2cccc(S(=O)(=O)N3CCCC3)c2)cc1. The molecule has 1 saturated heterocycles. The number of esters is 1. The summed E-state index contributed by atoms with van der Waals surface area (Å²) in [6.45, 7) is 0.506. The molecule has 9 heteroatoms. The molecule has 1 amide bonds. The third-order valence-corrected chi connectivity index (χ3v) is 6.20. The van der Waals surface area contributed by atoms with E-state index in [2.05, 4.69) is 5.32 Å². The Hall–Kier alpha value is -2.91. The van der Waals surface area contributed by atoms with Crippen molar-refractivity contribution < 1.29 is 22.7 Å². The Bertz CT molecular complexity index is 967. The van der Waals surface area contributed by atoms with Crippen molar-refractivity contribution in [3.8, 4) is 0 Å². The second-order valence-corrected chi connectivity index (χ2v) is 8.32. The van der Waals surface area contributed by atoms with Crippen molar-refractivity contribution in [3.05, 3.63) is 54.1 Å². The summed E-state index contributed by atoms with van der Waals surface area (Å²) in [5.41, 5.74) is 6.66. The summed E-state index contributed by atoms with van der Waals surface area (Å²) >= 11 is 0. The van der Waals surface area contributed by atoms with Crippen molar-refractivity contribution in [3.63, 3.8) is 0 Å². The van der Waals surface area contributed by atoms with E-state index in [1.807, 2.05) is 0 Å². The lowest BCUT2D eigenvalue weighted by Crippen LogP contribution is -2.28. The zero-order valence-corrected chi connectivity index (χ0v) is 15.9. The molecule has 0 radical (unpaired) electrons. The fraction of sp³-hybridized carbons (Fsp3) is 0.263. The van der Waals surface area contributed by atoms with E-state index in [0.29, 0.717) is 24.5 Å². The maximum absolute atomic E-state index is 12.6. The predicted molar refractivity (Wildman–Crippen MR) is 104 cm³/mol. The van der Waals surface area contributed by atoms with Crippen LogP contribution < -0.4 is 11.1 Å². The van der Waals surface area contributed by atoms with Crippen LogP contribution in [0.2, 0.25) is 0 Å². The smallest absolute Gasteiger partial charge is 0.338 e. The molecule has 1 aliphatic rings. The van der Waals surface area contributed by atoms with E-state index < -0.39 is 28.5 Å². The van der Waals surface area contributed by atoms with Gasteiger partial charge in [0.15, 0.2) is 6.61 Å². The van der Waals surface area contributed by atoms with Crippen molar-refractivity contribution in [2.75, 3.05) is 30.7 Å². The maximum Gasteiger partial charge on any atom is 0.338 e. The van der Waals surface area contributed by atoms with Crippen LogP contribution in [-0.2, 0) is 19.6 Å². The van der Waals surface area contributed by atoms with Crippen LogP contribution in [0.15, 0.2) is 53.4 Å². The molecule has 28 heavy (non-hydrogen) atoms. The number of hydrogen-bond donors (Lipinski definition) is 2. The van der Waals surface area contributed by atoms with Gasteiger partial charge in [-0.3, -0.25) is 4.79 Å². The van der Waals surface area contributed by atoms with Gasteiger partial charge in [0.1, 0.15) is 0 Å². The third-order valence-electron chi connectivity index (χ3n) is 4.30. The van der Waals surface area contributed by atoms with Crippen LogP contribution in [0.25, 0.3) is 0 Å². The van der Waals surface area contributed by atoms with Gasteiger partial charge in [-0.15, -0.1) is 0 Å². The highest BCUT2D eigenvalue weighted by Gasteiger charge is 2.27. The molecular weight excluding hydrogens is 382 g/mol. The monoisotopic (exact) mass is 403 g/mol. The number of sulfonamides is 1. The Balaban J connectivity index is 1.60. The largest absolute Gasteiger partial charge is 0.452 e. The molecule has 0 atom stereocenters. The number of benzene rings is 2. The number of nitrogens with zero attached hydrogens (tertiary/aromatic N) is 1. The second kappa shape index (κ2) is 8.41. The average Bonchev–Trinajstić information content (AvgIpc) is 3.22. The van der Waals surface area contributed by atoms with Gasteiger partial charge < -0.3 is 15.8 Å². The van der Waals surface area contributed by atoms with Gasteiger partial charge in [-0.2, -0.15) is 4.31 Å². The number of amides is 1. The zero-order valence-electron chi connectivity index (χ0n) is 15.1. The van der Waals surface area contributed by atoms with Crippen molar-refractivity contribution >= 4 is 33.3 Å². The minimum atomic E-state index is -3.58. The number of rotatable bonds is 6. The summed E-state index contributed by atoms with van der Waals surface area (Å²) in [7, 11) is -3.58. The molecule has 0 saturated carbocycles. The molecule has 0 aromatic heterocycles. The molecule has 1 aliphatic heterocycles. The lowest BCUT2D eigenvalue weighted by Gasteiger charge is -2.16. The van der Waals surface area contributed by atoms with Crippen molar-refractivity contribution in [2.24, 2.45) is 0 Å². The van der Waals surface area contributed by atoms with E-state index >= 15 is 0 Å². The van der Waals surface area contributed by atoms with Crippen LogP contribution in [0.3, 0.4) is 0 Å². The molecule has 0 aliphatic carbocycles. The van der Waals surface area contributed by atoms with Gasteiger partial charge in [0.25, 0.3) is 5.91 Å². The molecule has 148 valence electrons. The third kappa shape index (κ3) is 4.68. The van der Waals surface area contributed by atoms with Crippen LogP contribution >= 0.6 is 0 Å². The average molecular weight is 403 g/mol. The molecule has 1 fully saturated rings. The Morgan fingerprint density at radius 3 is 2.43 bits per heavy atom. The number of carbonyl (C=O) groups excluding carboxylic acids is 2.